The van der Waals surface area contributed by atoms with E-state index in [0.717, 1.165) is 0 Å². The van der Waals surface area contributed by atoms with Gasteiger partial charge in [0.05, 0.1) is 0 Å². The summed E-state index contributed by atoms with van der Waals surface area (Å²) < 4.78 is 12.2. The van der Waals surface area contributed by atoms with Gasteiger partial charge in [-0.05, 0) is 35.4 Å². The molecule has 2 rings (SSSR count). The predicted octanol–water partition coefficient (Wildman–Crippen LogP) is 2.27. The number of nitrogens with zero attached hydrogens (tertiary/aromatic N) is 2. The molecule has 0 aliphatic carbocycles. The molecule has 0 bridgehead atoms. The first-order valence-corrected chi connectivity index (χ1v) is 7.31. The average Bonchev–Trinajstić information content (AvgIpc) is 2.47. The summed E-state index contributed by atoms with van der Waals surface area (Å²) in [5.41, 5.74) is 0.461. The van der Waals surface area contributed by atoms with Crippen molar-refractivity contribution in [1.82, 2.24) is 9.97 Å². The average molecular weight is 353 g/mol. The highest BCUT2D eigenvalue weighted by Gasteiger charge is 2.39. The minimum absolute atomic E-state index is 0. The van der Waals surface area contributed by atoms with Gasteiger partial charge >= 0.3 is 0 Å². The van der Waals surface area contributed by atoms with Gasteiger partial charge in [-0.25, -0.2) is 0 Å². The number of hydrogen-bond acceptors (Lipinski definition) is 5. The lowest BCUT2D eigenvalue weighted by molar-refractivity contribution is 0.186. The molecule has 3 N–H and O–H groups in total. The Labute approximate surface area is 134 Å². The Kier molecular flexibility index (Phi) is 8.03. The van der Waals surface area contributed by atoms with Crippen LogP contribution in [0.25, 0.3) is 0 Å². The molecule has 0 aliphatic heterocycles. The molecule has 2 heterocycles. The highest BCUT2D eigenvalue weighted by atomic mass is 35.5. The highest BCUT2D eigenvalue weighted by Crippen LogP contribution is 2.63. The quantitative estimate of drug-likeness (QED) is 0.729. The Morgan fingerprint density at radius 2 is 1.10 bits per heavy atom. The molecule has 2 atom stereocenters. The third-order valence-corrected chi connectivity index (χ3v) is 4.71. The van der Waals surface area contributed by atoms with E-state index in [1.54, 1.807) is 0 Å². The van der Waals surface area contributed by atoms with Gasteiger partial charge in [0.25, 0.3) is 7.37 Å². The smallest absolute Gasteiger partial charge is 0.264 e. The second-order valence-corrected chi connectivity index (χ2v) is 6.30. The zero-order valence-corrected chi connectivity index (χ0v) is 13.2. The minimum atomic E-state index is -4.26. The molecule has 0 aliphatic rings. The van der Waals surface area contributed by atoms with Gasteiger partial charge in [0.2, 0.25) is 0 Å². The van der Waals surface area contributed by atoms with Gasteiger partial charge in [-0.2, -0.15) is 0 Å². The van der Waals surface area contributed by atoms with Crippen molar-refractivity contribution in [2.24, 2.45) is 0 Å². The van der Waals surface area contributed by atoms with Gasteiger partial charge in [-0.1, -0.05) is 0 Å². The fraction of sp³-hybridized carbons (Fsp3) is 0.167. The molecule has 0 aromatic carbocycles. The second-order valence-electron chi connectivity index (χ2n) is 3.98. The minimum Gasteiger partial charge on any atom is -0.378 e. The van der Waals surface area contributed by atoms with E-state index in [1.807, 2.05) is 0 Å². The number of aliphatic hydroxyl groups excluding tert-OH is 2. The molecule has 6 nitrogen and oxygen atoms in total. The number of pyridine rings is 2. The Hall–Kier alpha value is -1.01. The molecule has 9 heteroatoms. The monoisotopic (exact) mass is 352 g/mol. The Bertz CT molecular complexity index is 539. The number of halogens is 2. The fourth-order valence-electron chi connectivity index (χ4n) is 1.63. The maximum Gasteiger partial charge on any atom is 0.264 e. The normalized spacial score (nSPS) is 15.8. The number of aliphatic hydroxyl groups is 2. The van der Waals surface area contributed by atoms with Crippen molar-refractivity contribution in [3.63, 3.8) is 0 Å². The van der Waals surface area contributed by atoms with Gasteiger partial charge in [0.15, 0.2) is 11.7 Å². The lowest BCUT2D eigenvalue weighted by Crippen LogP contribution is -2.07. The number of aromatic nitrogens is 2. The van der Waals surface area contributed by atoms with E-state index in [0.29, 0.717) is 0 Å². The standard InChI is InChI=1S/C12H13N2O4P.2ClH/c15-11(9-1-5-13-6-2-9)19(17,18)12(16)10-3-7-14-8-4-10;;/h1-8,11-12,15-16H,(H,17,18);2*1H. The first-order valence-electron chi connectivity index (χ1n) is 5.51. The van der Waals surface area contributed by atoms with Gasteiger partial charge in [0, 0.05) is 24.8 Å². The largest absolute Gasteiger partial charge is 0.378 e. The lowest BCUT2D eigenvalue weighted by atomic mass is 10.3. The maximum absolute atomic E-state index is 12.2. The number of hydrogen-bond donors (Lipinski definition) is 3. The third-order valence-electron chi connectivity index (χ3n) is 2.71. The van der Waals surface area contributed by atoms with E-state index in [9.17, 15) is 19.7 Å². The van der Waals surface area contributed by atoms with Crippen LogP contribution in [0.15, 0.2) is 49.1 Å². The van der Waals surface area contributed by atoms with Crippen molar-refractivity contribution in [2.75, 3.05) is 0 Å². The van der Waals surface area contributed by atoms with Crippen molar-refractivity contribution in [2.45, 2.75) is 11.7 Å². The van der Waals surface area contributed by atoms with Crippen LogP contribution in [-0.2, 0) is 4.57 Å². The molecule has 116 valence electrons. The van der Waals surface area contributed by atoms with Crippen LogP contribution in [0, 0.1) is 0 Å². The van der Waals surface area contributed by atoms with Gasteiger partial charge in [-0.15, -0.1) is 24.8 Å². The van der Waals surface area contributed by atoms with E-state index in [4.69, 9.17) is 0 Å². The predicted molar refractivity (Wildman–Crippen MR) is 82.7 cm³/mol. The molecule has 0 radical (unpaired) electrons. The van der Waals surface area contributed by atoms with E-state index in [-0.39, 0.29) is 35.9 Å². The zero-order chi connectivity index (χ0) is 13.9. The Morgan fingerprint density at radius 3 is 1.38 bits per heavy atom. The molecular weight excluding hydrogens is 338 g/mol. The topological polar surface area (TPSA) is 104 Å². The van der Waals surface area contributed by atoms with Crippen molar-refractivity contribution in [1.29, 1.82) is 0 Å². The summed E-state index contributed by atoms with van der Waals surface area (Å²) in [7, 11) is -4.26. The summed E-state index contributed by atoms with van der Waals surface area (Å²) in [6.07, 6.45) is 5.60. The van der Waals surface area contributed by atoms with Crippen molar-refractivity contribution in [3.8, 4) is 0 Å². The van der Waals surface area contributed by atoms with Crippen molar-refractivity contribution >= 4 is 32.2 Å². The van der Waals surface area contributed by atoms with Crippen molar-refractivity contribution < 1.29 is 19.7 Å². The zero-order valence-electron chi connectivity index (χ0n) is 10.7. The van der Waals surface area contributed by atoms with Gasteiger partial charge in [0.1, 0.15) is 0 Å². The van der Waals surface area contributed by atoms with Crippen LogP contribution in [-0.4, -0.2) is 25.1 Å². The van der Waals surface area contributed by atoms with Crippen LogP contribution < -0.4 is 0 Å². The van der Waals surface area contributed by atoms with E-state index in [2.05, 4.69) is 9.97 Å². The SMILES string of the molecule is Cl.Cl.O=P(O)(C(O)c1ccncc1)C(O)c1ccncc1. The van der Waals surface area contributed by atoms with Crippen LogP contribution in [0.1, 0.15) is 22.8 Å². The van der Waals surface area contributed by atoms with E-state index in [1.165, 1.54) is 49.1 Å². The fourth-order valence-corrected chi connectivity index (χ4v) is 3.10. The maximum atomic E-state index is 12.2. The first kappa shape index (κ1) is 20.0. The molecule has 0 amide bonds. The third kappa shape index (κ3) is 4.48. The summed E-state index contributed by atoms with van der Waals surface area (Å²) in [6.45, 7) is 0. The van der Waals surface area contributed by atoms with Crippen LogP contribution >= 0.6 is 32.2 Å². The molecule has 2 aromatic heterocycles. The lowest BCUT2D eigenvalue weighted by Gasteiger charge is -2.23. The summed E-state index contributed by atoms with van der Waals surface area (Å²) in [5.74, 6) is -3.34. The van der Waals surface area contributed by atoms with Gasteiger partial charge < -0.3 is 15.1 Å². The number of rotatable bonds is 4. The second kappa shape index (κ2) is 8.44. The van der Waals surface area contributed by atoms with E-state index >= 15 is 0 Å². The Morgan fingerprint density at radius 1 is 0.810 bits per heavy atom. The van der Waals surface area contributed by atoms with Crippen LogP contribution in [0.3, 0.4) is 0 Å². The Balaban J connectivity index is 0.00000200. The van der Waals surface area contributed by atoms with Gasteiger partial charge in [-0.3, -0.25) is 14.5 Å². The molecule has 0 spiro atoms. The summed E-state index contributed by atoms with van der Waals surface area (Å²) in [5, 5.41) is 19.9. The van der Waals surface area contributed by atoms with Crippen LogP contribution in [0.5, 0.6) is 0 Å². The van der Waals surface area contributed by atoms with Crippen LogP contribution in [0.4, 0.5) is 0 Å². The van der Waals surface area contributed by atoms with E-state index < -0.39 is 19.1 Å². The first-order chi connectivity index (χ1) is 9.03. The molecule has 21 heavy (non-hydrogen) atoms. The summed E-state index contributed by atoms with van der Waals surface area (Å²) >= 11 is 0. The molecule has 0 saturated heterocycles. The van der Waals surface area contributed by atoms with Crippen LogP contribution in [0.2, 0.25) is 0 Å². The highest BCUT2D eigenvalue weighted by molar-refractivity contribution is 7.58. The molecule has 2 aromatic rings. The molecule has 0 saturated carbocycles. The molecule has 2 unspecified atom stereocenters. The summed E-state index contributed by atoms with van der Waals surface area (Å²) in [4.78, 5) is 17.5. The summed E-state index contributed by atoms with van der Waals surface area (Å²) in [6, 6.07) is 5.69. The molecule has 0 fully saturated rings. The molecular formula is C12H15Cl2N2O4P. The van der Waals surface area contributed by atoms with Crippen molar-refractivity contribution in [3.05, 3.63) is 60.2 Å².